The Morgan fingerprint density at radius 2 is 1.85 bits per heavy atom. The maximum Gasteiger partial charge on any atom is 0.263 e. The van der Waals surface area contributed by atoms with Gasteiger partial charge in [-0.1, -0.05) is 41.5 Å². The summed E-state index contributed by atoms with van der Waals surface area (Å²) in [6.45, 7) is 1.91. The lowest BCUT2D eigenvalue weighted by molar-refractivity contribution is 0.102. The first-order valence-corrected chi connectivity index (χ1v) is 11.4. The molecule has 0 spiro atoms. The van der Waals surface area contributed by atoms with Crippen LogP contribution >= 0.6 is 45.9 Å². The third kappa shape index (κ3) is 4.77. The molecular formula is C15H12Cl2N4O3S3. The molecule has 0 fully saturated rings. The van der Waals surface area contributed by atoms with Gasteiger partial charge in [-0.3, -0.25) is 9.52 Å². The molecule has 0 aliphatic carbocycles. The number of sulfonamides is 1. The third-order valence-electron chi connectivity index (χ3n) is 3.31. The highest BCUT2D eigenvalue weighted by atomic mass is 35.5. The minimum Gasteiger partial charge on any atom is -0.322 e. The molecule has 0 aliphatic rings. The Hall–Kier alpha value is -1.72. The zero-order valence-corrected chi connectivity index (χ0v) is 17.7. The first-order chi connectivity index (χ1) is 12.8. The fourth-order valence-electron chi connectivity index (χ4n) is 2.02. The quantitative estimate of drug-likeness (QED) is 0.560. The average Bonchev–Trinajstić information content (AvgIpc) is 3.20. The number of carbonyl (C=O) groups is 1. The summed E-state index contributed by atoms with van der Waals surface area (Å²) < 4.78 is 27.9. The van der Waals surface area contributed by atoms with E-state index in [1.807, 2.05) is 6.92 Å². The first-order valence-electron chi connectivity index (χ1n) is 7.50. The van der Waals surface area contributed by atoms with Gasteiger partial charge >= 0.3 is 0 Å². The Bertz CT molecular complexity index is 1080. The van der Waals surface area contributed by atoms with E-state index in [-0.39, 0.29) is 19.9 Å². The van der Waals surface area contributed by atoms with Crippen LogP contribution in [0.5, 0.6) is 0 Å². The van der Waals surface area contributed by atoms with Crippen LogP contribution < -0.4 is 10.0 Å². The molecule has 12 heteroatoms. The summed E-state index contributed by atoms with van der Waals surface area (Å²) >= 11 is 14.1. The third-order valence-corrected chi connectivity index (χ3v) is 7.27. The van der Waals surface area contributed by atoms with Crippen LogP contribution in [0.15, 0.2) is 35.2 Å². The molecule has 0 saturated heterocycles. The standard InChI is InChI=1S/C15H12Cl2N4O3S3/c1-2-12-19-20-15(26-12)21-27(23,24)9-5-3-8(4-6-9)18-14(22)10-7-11(16)25-13(10)17/h3-7H,2H2,1H3,(H,18,22)(H,20,21). The molecule has 0 saturated carbocycles. The van der Waals surface area contributed by atoms with Crippen molar-refractivity contribution in [1.29, 1.82) is 0 Å². The maximum atomic E-state index is 12.4. The van der Waals surface area contributed by atoms with Crippen LogP contribution in [0.4, 0.5) is 10.8 Å². The van der Waals surface area contributed by atoms with Crippen molar-refractivity contribution in [3.05, 3.63) is 49.6 Å². The Morgan fingerprint density at radius 1 is 1.15 bits per heavy atom. The number of rotatable bonds is 6. The van der Waals surface area contributed by atoms with E-state index in [4.69, 9.17) is 23.2 Å². The topological polar surface area (TPSA) is 101 Å². The number of amides is 1. The number of halogens is 2. The zero-order chi connectivity index (χ0) is 19.6. The Balaban J connectivity index is 1.72. The second-order valence-corrected chi connectivity index (χ2v) is 10.2. The molecule has 0 radical (unpaired) electrons. The van der Waals surface area contributed by atoms with E-state index in [1.54, 1.807) is 0 Å². The highest BCUT2D eigenvalue weighted by Crippen LogP contribution is 2.31. The van der Waals surface area contributed by atoms with Crippen LogP contribution in [0.2, 0.25) is 8.67 Å². The summed E-state index contributed by atoms with van der Waals surface area (Å²) in [5, 5.41) is 11.2. The van der Waals surface area contributed by atoms with Crippen LogP contribution in [-0.4, -0.2) is 24.5 Å². The molecule has 0 unspecified atom stereocenters. The molecule has 0 aliphatic heterocycles. The SMILES string of the molecule is CCc1nnc(NS(=O)(=O)c2ccc(NC(=O)c3cc(Cl)sc3Cl)cc2)s1. The van der Waals surface area contributed by atoms with Gasteiger partial charge in [0, 0.05) is 5.69 Å². The number of aryl methyl sites for hydroxylation is 1. The number of hydrogen-bond acceptors (Lipinski definition) is 7. The number of nitrogens with one attached hydrogen (secondary N) is 2. The molecule has 3 rings (SSSR count). The second kappa shape index (κ2) is 8.11. The number of benzene rings is 1. The Kier molecular flexibility index (Phi) is 6.02. The van der Waals surface area contributed by atoms with Gasteiger partial charge in [0.2, 0.25) is 5.13 Å². The van der Waals surface area contributed by atoms with E-state index >= 15 is 0 Å². The van der Waals surface area contributed by atoms with Gasteiger partial charge in [-0.25, -0.2) is 8.42 Å². The van der Waals surface area contributed by atoms with Gasteiger partial charge in [0.05, 0.1) is 14.8 Å². The molecule has 142 valence electrons. The van der Waals surface area contributed by atoms with Crippen LogP contribution in [0.25, 0.3) is 0 Å². The van der Waals surface area contributed by atoms with Gasteiger partial charge in [-0.15, -0.1) is 21.5 Å². The Morgan fingerprint density at radius 3 is 2.41 bits per heavy atom. The van der Waals surface area contributed by atoms with Crippen molar-refractivity contribution in [3.63, 3.8) is 0 Å². The Labute approximate surface area is 173 Å². The van der Waals surface area contributed by atoms with Gasteiger partial charge in [0.25, 0.3) is 15.9 Å². The average molecular weight is 463 g/mol. The van der Waals surface area contributed by atoms with Gasteiger partial charge < -0.3 is 5.32 Å². The molecule has 2 N–H and O–H groups in total. The monoisotopic (exact) mass is 462 g/mol. The molecule has 27 heavy (non-hydrogen) atoms. The van der Waals surface area contributed by atoms with Crippen molar-refractivity contribution in [2.75, 3.05) is 10.0 Å². The number of carbonyl (C=O) groups excluding carboxylic acids is 1. The number of aromatic nitrogens is 2. The molecule has 3 aromatic rings. The number of hydrogen-bond donors (Lipinski definition) is 2. The summed E-state index contributed by atoms with van der Waals surface area (Å²) in [6.07, 6.45) is 0.674. The molecule has 0 bridgehead atoms. The molecule has 2 heterocycles. The van der Waals surface area contributed by atoms with Crippen molar-refractivity contribution in [1.82, 2.24) is 10.2 Å². The van der Waals surface area contributed by atoms with Crippen LogP contribution in [0.3, 0.4) is 0 Å². The van der Waals surface area contributed by atoms with Crippen LogP contribution in [0, 0.1) is 0 Å². The first kappa shape index (κ1) is 20.0. The summed E-state index contributed by atoms with van der Waals surface area (Å²) in [5.74, 6) is -0.433. The fraction of sp³-hybridized carbons (Fsp3) is 0.133. The van der Waals surface area contributed by atoms with Gasteiger partial charge in [0.1, 0.15) is 9.34 Å². The van der Waals surface area contributed by atoms with Gasteiger partial charge in [-0.2, -0.15) is 0 Å². The summed E-state index contributed by atoms with van der Waals surface area (Å²) in [6, 6.07) is 7.18. The molecule has 1 aromatic carbocycles. The summed E-state index contributed by atoms with van der Waals surface area (Å²) in [5.41, 5.74) is 0.676. The van der Waals surface area contributed by atoms with E-state index < -0.39 is 15.9 Å². The molecular weight excluding hydrogens is 451 g/mol. The van der Waals surface area contributed by atoms with Crippen molar-refractivity contribution >= 4 is 72.6 Å². The number of nitrogens with zero attached hydrogens (tertiary/aromatic N) is 2. The van der Waals surface area contributed by atoms with Crippen LogP contribution in [-0.2, 0) is 16.4 Å². The summed E-state index contributed by atoms with van der Waals surface area (Å²) in [4.78, 5) is 12.2. The van der Waals surface area contributed by atoms with E-state index in [0.29, 0.717) is 16.4 Å². The van der Waals surface area contributed by atoms with Crippen LogP contribution in [0.1, 0.15) is 22.3 Å². The van der Waals surface area contributed by atoms with E-state index in [0.717, 1.165) is 16.3 Å². The van der Waals surface area contributed by atoms with E-state index in [9.17, 15) is 13.2 Å². The largest absolute Gasteiger partial charge is 0.322 e. The van der Waals surface area contributed by atoms with Crippen molar-refractivity contribution in [3.8, 4) is 0 Å². The fourth-order valence-corrected chi connectivity index (χ4v) is 5.39. The molecule has 0 atom stereocenters. The minimum absolute atomic E-state index is 0.0327. The molecule has 2 aromatic heterocycles. The smallest absolute Gasteiger partial charge is 0.263 e. The normalized spacial score (nSPS) is 11.4. The maximum absolute atomic E-state index is 12.4. The second-order valence-electron chi connectivity index (χ2n) is 5.18. The van der Waals surface area contributed by atoms with Gasteiger partial charge in [-0.05, 0) is 36.8 Å². The van der Waals surface area contributed by atoms with Crippen molar-refractivity contribution < 1.29 is 13.2 Å². The lowest BCUT2D eigenvalue weighted by Gasteiger charge is -2.07. The molecule has 7 nitrogen and oxygen atoms in total. The number of anilines is 2. The van der Waals surface area contributed by atoms with E-state index in [2.05, 4.69) is 20.2 Å². The number of thiophene rings is 1. The zero-order valence-electron chi connectivity index (χ0n) is 13.7. The molecule has 1 amide bonds. The highest BCUT2D eigenvalue weighted by Gasteiger charge is 2.18. The lowest BCUT2D eigenvalue weighted by Crippen LogP contribution is -2.14. The van der Waals surface area contributed by atoms with Crippen molar-refractivity contribution in [2.24, 2.45) is 0 Å². The predicted molar refractivity (Wildman–Crippen MR) is 109 cm³/mol. The summed E-state index contributed by atoms with van der Waals surface area (Å²) in [7, 11) is -3.80. The van der Waals surface area contributed by atoms with Crippen molar-refractivity contribution in [2.45, 2.75) is 18.2 Å². The lowest BCUT2D eigenvalue weighted by atomic mass is 10.3. The predicted octanol–water partition coefficient (Wildman–Crippen LogP) is 4.52. The minimum atomic E-state index is -3.80. The van der Waals surface area contributed by atoms with Gasteiger partial charge in [0.15, 0.2) is 0 Å². The highest BCUT2D eigenvalue weighted by molar-refractivity contribution is 7.93. The van der Waals surface area contributed by atoms with E-state index in [1.165, 1.54) is 41.7 Å².